The van der Waals surface area contributed by atoms with E-state index in [-0.39, 0.29) is 15.6 Å². The van der Waals surface area contributed by atoms with E-state index < -0.39 is 15.9 Å². The van der Waals surface area contributed by atoms with E-state index in [0.29, 0.717) is 5.02 Å². The van der Waals surface area contributed by atoms with E-state index in [9.17, 15) is 13.2 Å². The molecule has 0 saturated heterocycles. The van der Waals surface area contributed by atoms with Crippen LogP contribution in [0.5, 0.6) is 0 Å². The summed E-state index contributed by atoms with van der Waals surface area (Å²) in [6.07, 6.45) is 1.08. The van der Waals surface area contributed by atoms with Crippen molar-refractivity contribution >= 4 is 39.1 Å². The average molecular weight is 346 g/mol. The lowest BCUT2D eigenvalue weighted by atomic mass is 10.2. The first kappa shape index (κ1) is 15.7. The molecule has 0 radical (unpaired) electrons. The number of pyridine rings is 1. The van der Waals surface area contributed by atoms with Gasteiger partial charge in [-0.1, -0.05) is 29.3 Å². The maximum atomic E-state index is 11.9. The second-order valence-electron chi connectivity index (χ2n) is 3.89. The summed E-state index contributed by atoms with van der Waals surface area (Å²) in [4.78, 5) is 17.3. The van der Waals surface area contributed by atoms with Gasteiger partial charge in [-0.25, -0.2) is 13.4 Å². The second kappa shape index (κ2) is 6.40. The van der Waals surface area contributed by atoms with Gasteiger partial charge in [0.2, 0.25) is 0 Å². The van der Waals surface area contributed by atoms with Crippen molar-refractivity contribution in [2.45, 2.75) is 4.90 Å². The fourth-order valence-corrected chi connectivity index (χ4v) is 2.48. The number of hydrazine groups is 1. The summed E-state index contributed by atoms with van der Waals surface area (Å²) in [6, 6.07) is 8.68. The number of hydrogen-bond acceptors (Lipinski definition) is 4. The third-order valence-corrected chi connectivity index (χ3v) is 4.09. The van der Waals surface area contributed by atoms with E-state index in [1.54, 1.807) is 12.1 Å². The Balaban J connectivity index is 2.08. The molecule has 2 N–H and O–H groups in total. The molecule has 0 fully saturated rings. The highest BCUT2D eigenvalue weighted by Gasteiger charge is 2.16. The third-order valence-electron chi connectivity index (χ3n) is 2.40. The van der Waals surface area contributed by atoms with E-state index in [4.69, 9.17) is 23.2 Å². The predicted octanol–water partition coefficient (Wildman–Crippen LogP) is 2.01. The number of carbonyl (C=O) groups excluding carboxylic acids is 1. The highest BCUT2D eigenvalue weighted by atomic mass is 35.5. The van der Waals surface area contributed by atoms with Crippen LogP contribution >= 0.6 is 23.2 Å². The normalized spacial score (nSPS) is 11.1. The topological polar surface area (TPSA) is 88.2 Å². The summed E-state index contributed by atoms with van der Waals surface area (Å²) >= 11 is 11.3. The van der Waals surface area contributed by atoms with Crippen molar-refractivity contribution in [3.8, 4) is 0 Å². The number of amides is 1. The standard InChI is InChI=1S/C12H9Cl2N3O3S/c13-9-3-1-2-8(6-9)12(18)16-17-21(19,20)10-4-5-11(14)15-7-10/h1-7,17H,(H,16,18). The minimum atomic E-state index is -3.93. The van der Waals surface area contributed by atoms with Gasteiger partial charge in [-0.2, -0.15) is 0 Å². The highest BCUT2D eigenvalue weighted by molar-refractivity contribution is 7.89. The van der Waals surface area contributed by atoms with Gasteiger partial charge in [0.25, 0.3) is 15.9 Å². The van der Waals surface area contributed by atoms with Gasteiger partial charge < -0.3 is 0 Å². The van der Waals surface area contributed by atoms with Gasteiger partial charge in [0, 0.05) is 16.8 Å². The van der Waals surface area contributed by atoms with Crippen molar-refractivity contribution in [2.75, 3.05) is 0 Å². The minimum absolute atomic E-state index is 0.127. The lowest BCUT2D eigenvalue weighted by molar-refractivity contribution is 0.0945. The number of halogens is 2. The van der Waals surface area contributed by atoms with Gasteiger partial charge in [-0.15, -0.1) is 4.83 Å². The lowest BCUT2D eigenvalue weighted by Gasteiger charge is -2.08. The number of aromatic nitrogens is 1. The fourth-order valence-electron chi connectivity index (χ4n) is 1.40. The maximum Gasteiger partial charge on any atom is 0.266 e. The Morgan fingerprint density at radius 2 is 1.90 bits per heavy atom. The van der Waals surface area contributed by atoms with Gasteiger partial charge in [-0.3, -0.25) is 10.2 Å². The van der Waals surface area contributed by atoms with Crippen LogP contribution in [0, 0.1) is 0 Å². The SMILES string of the molecule is O=C(NNS(=O)(=O)c1ccc(Cl)nc1)c1cccc(Cl)c1. The van der Waals surface area contributed by atoms with Gasteiger partial charge >= 0.3 is 0 Å². The van der Waals surface area contributed by atoms with E-state index in [0.717, 1.165) is 6.20 Å². The zero-order valence-electron chi connectivity index (χ0n) is 10.4. The molecule has 0 atom stereocenters. The Hall–Kier alpha value is -1.67. The molecule has 9 heteroatoms. The van der Waals surface area contributed by atoms with Crippen LogP contribution in [0.3, 0.4) is 0 Å². The Morgan fingerprint density at radius 3 is 2.52 bits per heavy atom. The largest absolute Gasteiger partial charge is 0.273 e. The van der Waals surface area contributed by atoms with Crippen molar-refractivity contribution in [3.05, 3.63) is 58.3 Å². The molecule has 0 aliphatic heterocycles. The lowest BCUT2D eigenvalue weighted by Crippen LogP contribution is -2.41. The Morgan fingerprint density at radius 1 is 1.14 bits per heavy atom. The molecule has 6 nitrogen and oxygen atoms in total. The number of nitrogens with one attached hydrogen (secondary N) is 2. The average Bonchev–Trinajstić information content (AvgIpc) is 2.45. The first-order chi connectivity index (χ1) is 9.88. The number of rotatable bonds is 4. The molecule has 1 aromatic heterocycles. The summed E-state index contributed by atoms with van der Waals surface area (Å²) in [5, 5.41) is 0.532. The van der Waals surface area contributed by atoms with Crippen LogP contribution in [0.4, 0.5) is 0 Å². The van der Waals surface area contributed by atoms with Crippen LogP contribution in [0.1, 0.15) is 10.4 Å². The minimum Gasteiger partial charge on any atom is -0.273 e. The zero-order chi connectivity index (χ0) is 15.5. The first-order valence-corrected chi connectivity index (χ1v) is 7.82. The number of hydrogen-bond donors (Lipinski definition) is 2. The summed E-state index contributed by atoms with van der Waals surface area (Å²) in [7, 11) is -3.93. The number of benzene rings is 1. The quantitative estimate of drug-likeness (QED) is 0.655. The molecule has 0 spiro atoms. The summed E-state index contributed by atoms with van der Waals surface area (Å²) in [5.74, 6) is -0.636. The molecule has 0 aliphatic carbocycles. The molecule has 2 aromatic rings. The monoisotopic (exact) mass is 345 g/mol. The molecule has 2 rings (SSSR count). The van der Waals surface area contributed by atoms with Gasteiger partial charge in [0.1, 0.15) is 10.0 Å². The Kier molecular flexibility index (Phi) is 4.79. The molecule has 0 aliphatic rings. The molecule has 0 bridgehead atoms. The van der Waals surface area contributed by atoms with Crippen molar-refractivity contribution < 1.29 is 13.2 Å². The highest BCUT2D eigenvalue weighted by Crippen LogP contribution is 2.11. The summed E-state index contributed by atoms with van der Waals surface area (Å²) < 4.78 is 23.8. The van der Waals surface area contributed by atoms with Crippen LogP contribution in [0.15, 0.2) is 47.5 Å². The number of nitrogens with zero attached hydrogens (tertiary/aromatic N) is 1. The smallest absolute Gasteiger partial charge is 0.266 e. The van der Waals surface area contributed by atoms with Gasteiger partial charge in [-0.05, 0) is 30.3 Å². The van der Waals surface area contributed by atoms with Gasteiger partial charge in [0.15, 0.2) is 0 Å². The van der Waals surface area contributed by atoms with Crippen molar-refractivity contribution in [1.29, 1.82) is 0 Å². The predicted molar refractivity (Wildman–Crippen MR) is 78.5 cm³/mol. The Bertz CT molecular complexity index is 764. The van der Waals surface area contributed by atoms with E-state index in [1.165, 1.54) is 24.3 Å². The fraction of sp³-hybridized carbons (Fsp3) is 0. The molecule has 1 aromatic carbocycles. The third kappa shape index (κ3) is 4.15. The summed E-state index contributed by atoms with van der Waals surface area (Å²) in [5.41, 5.74) is 2.30. The van der Waals surface area contributed by atoms with Crippen molar-refractivity contribution in [2.24, 2.45) is 0 Å². The van der Waals surface area contributed by atoms with Crippen molar-refractivity contribution in [3.63, 3.8) is 0 Å². The van der Waals surface area contributed by atoms with Crippen LogP contribution in [0.2, 0.25) is 10.2 Å². The number of sulfonamides is 1. The van der Waals surface area contributed by atoms with E-state index in [2.05, 4.69) is 10.4 Å². The molecule has 1 amide bonds. The molecule has 0 unspecified atom stereocenters. The van der Waals surface area contributed by atoms with E-state index in [1.807, 2.05) is 4.83 Å². The maximum absolute atomic E-state index is 11.9. The molecule has 110 valence electrons. The molecule has 0 saturated carbocycles. The van der Waals surface area contributed by atoms with Crippen LogP contribution < -0.4 is 10.3 Å². The van der Waals surface area contributed by atoms with Crippen molar-refractivity contribution in [1.82, 2.24) is 15.2 Å². The van der Waals surface area contributed by atoms with Crippen LogP contribution in [-0.4, -0.2) is 19.3 Å². The van der Waals surface area contributed by atoms with Gasteiger partial charge in [0.05, 0.1) is 0 Å². The molecule has 1 heterocycles. The molecular formula is C12H9Cl2N3O3S. The summed E-state index contributed by atoms with van der Waals surface area (Å²) in [6.45, 7) is 0. The molecular weight excluding hydrogens is 337 g/mol. The number of carbonyl (C=O) groups is 1. The first-order valence-electron chi connectivity index (χ1n) is 5.58. The van der Waals surface area contributed by atoms with Crippen LogP contribution in [0.25, 0.3) is 0 Å². The van der Waals surface area contributed by atoms with E-state index >= 15 is 0 Å². The Labute approximate surface area is 131 Å². The second-order valence-corrected chi connectivity index (χ2v) is 6.39. The zero-order valence-corrected chi connectivity index (χ0v) is 12.7. The van der Waals surface area contributed by atoms with Crippen LogP contribution in [-0.2, 0) is 10.0 Å². The molecule has 21 heavy (non-hydrogen) atoms.